The second-order valence-corrected chi connectivity index (χ2v) is 3.53. The second kappa shape index (κ2) is 3.81. The summed E-state index contributed by atoms with van der Waals surface area (Å²) in [7, 11) is 0. The third kappa shape index (κ3) is 1.51. The normalized spacial score (nSPS) is 10.7. The molecule has 14 heavy (non-hydrogen) atoms. The smallest absolute Gasteiger partial charge is 0.0184 e. The van der Waals surface area contributed by atoms with Gasteiger partial charge < -0.3 is 5.73 Å². The molecule has 0 amide bonds. The molecule has 0 aliphatic heterocycles. The predicted octanol–water partition coefficient (Wildman–Crippen LogP) is 2.86. The van der Waals surface area contributed by atoms with Crippen LogP contribution in [0.5, 0.6) is 0 Å². The fourth-order valence-electron chi connectivity index (χ4n) is 1.83. The van der Waals surface area contributed by atoms with Crippen LogP contribution in [0.1, 0.15) is 18.1 Å². The first-order valence-electron chi connectivity index (χ1n) is 5.05. The van der Waals surface area contributed by atoms with Crippen molar-refractivity contribution in [2.24, 2.45) is 5.73 Å². The molecule has 0 saturated carbocycles. The van der Waals surface area contributed by atoms with Gasteiger partial charge in [-0.2, -0.15) is 0 Å². The fraction of sp³-hybridized carbons (Fsp3) is 0.231. The number of rotatable bonds is 2. The van der Waals surface area contributed by atoms with Crippen molar-refractivity contribution in [1.82, 2.24) is 0 Å². The zero-order chi connectivity index (χ0) is 9.97. The van der Waals surface area contributed by atoms with Crippen LogP contribution in [0.4, 0.5) is 0 Å². The van der Waals surface area contributed by atoms with Gasteiger partial charge in [0, 0.05) is 6.54 Å². The topological polar surface area (TPSA) is 26.0 Å². The van der Waals surface area contributed by atoms with E-state index in [2.05, 4.69) is 43.3 Å². The maximum atomic E-state index is 5.74. The van der Waals surface area contributed by atoms with E-state index in [1.807, 2.05) is 0 Å². The van der Waals surface area contributed by atoms with E-state index in [4.69, 9.17) is 5.73 Å². The summed E-state index contributed by atoms with van der Waals surface area (Å²) in [5.74, 6) is 0. The number of hydrogen-bond acceptors (Lipinski definition) is 1. The molecule has 1 nitrogen and oxygen atoms in total. The average Bonchev–Trinajstić information content (AvgIpc) is 2.27. The van der Waals surface area contributed by atoms with Gasteiger partial charge in [-0.25, -0.2) is 0 Å². The summed E-state index contributed by atoms with van der Waals surface area (Å²) in [6.45, 7) is 2.79. The molecule has 2 rings (SSSR count). The quantitative estimate of drug-likeness (QED) is 0.765. The van der Waals surface area contributed by atoms with Gasteiger partial charge in [-0.1, -0.05) is 43.3 Å². The van der Waals surface area contributed by atoms with Crippen molar-refractivity contribution in [3.8, 4) is 0 Å². The van der Waals surface area contributed by atoms with E-state index in [9.17, 15) is 0 Å². The third-order valence-corrected chi connectivity index (χ3v) is 2.64. The molecule has 0 aliphatic carbocycles. The first-order chi connectivity index (χ1) is 6.85. The van der Waals surface area contributed by atoms with Gasteiger partial charge in [-0.05, 0) is 28.3 Å². The summed E-state index contributed by atoms with van der Waals surface area (Å²) in [5, 5.41) is 2.58. The minimum Gasteiger partial charge on any atom is -0.326 e. The molecule has 0 fully saturated rings. The Balaban J connectivity index is 2.73. The number of fused-ring (bicyclic) bond motifs is 1. The van der Waals surface area contributed by atoms with Gasteiger partial charge in [0.15, 0.2) is 0 Å². The molecule has 2 aromatic carbocycles. The molecular weight excluding hydrogens is 170 g/mol. The molecule has 0 heterocycles. The van der Waals surface area contributed by atoms with Crippen molar-refractivity contribution in [1.29, 1.82) is 0 Å². The van der Waals surface area contributed by atoms with Crippen molar-refractivity contribution in [3.05, 3.63) is 47.5 Å². The second-order valence-electron chi connectivity index (χ2n) is 3.53. The van der Waals surface area contributed by atoms with Crippen LogP contribution in [-0.4, -0.2) is 0 Å². The molecule has 0 aromatic heterocycles. The predicted molar refractivity (Wildman–Crippen MR) is 61.2 cm³/mol. The standard InChI is InChI=1S/C13H15N/c1-2-10-7-11-5-3-4-6-13(11)12(8-10)9-14/h3-8H,2,9,14H2,1H3. The van der Waals surface area contributed by atoms with Crippen molar-refractivity contribution in [2.75, 3.05) is 0 Å². The van der Waals surface area contributed by atoms with Crippen LogP contribution in [0, 0.1) is 0 Å². The molecule has 0 bridgehead atoms. The number of benzene rings is 2. The van der Waals surface area contributed by atoms with Gasteiger partial charge in [-0.3, -0.25) is 0 Å². The number of aryl methyl sites for hydroxylation is 1. The lowest BCUT2D eigenvalue weighted by Crippen LogP contribution is -1.98. The summed E-state index contributed by atoms with van der Waals surface area (Å²) in [6.07, 6.45) is 1.07. The highest BCUT2D eigenvalue weighted by atomic mass is 14.5. The Morgan fingerprint density at radius 2 is 1.93 bits per heavy atom. The van der Waals surface area contributed by atoms with E-state index in [1.165, 1.54) is 21.9 Å². The van der Waals surface area contributed by atoms with Gasteiger partial charge in [0.2, 0.25) is 0 Å². The van der Waals surface area contributed by atoms with E-state index in [1.54, 1.807) is 0 Å². The van der Waals surface area contributed by atoms with E-state index < -0.39 is 0 Å². The molecule has 72 valence electrons. The van der Waals surface area contributed by atoms with Crippen LogP contribution in [-0.2, 0) is 13.0 Å². The van der Waals surface area contributed by atoms with Crippen molar-refractivity contribution in [2.45, 2.75) is 19.9 Å². The summed E-state index contributed by atoms with van der Waals surface area (Å²) in [4.78, 5) is 0. The zero-order valence-electron chi connectivity index (χ0n) is 8.46. The maximum Gasteiger partial charge on any atom is 0.0184 e. The molecule has 1 heteroatoms. The van der Waals surface area contributed by atoms with E-state index in [0.717, 1.165) is 6.42 Å². The lowest BCUT2D eigenvalue weighted by Gasteiger charge is -2.07. The molecule has 2 N–H and O–H groups in total. The monoisotopic (exact) mass is 185 g/mol. The van der Waals surface area contributed by atoms with E-state index in [0.29, 0.717) is 6.54 Å². The van der Waals surface area contributed by atoms with Crippen LogP contribution in [0.3, 0.4) is 0 Å². The van der Waals surface area contributed by atoms with Crippen molar-refractivity contribution < 1.29 is 0 Å². The molecule has 2 aromatic rings. The molecular formula is C13H15N. The molecule has 0 unspecified atom stereocenters. The van der Waals surface area contributed by atoms with Crippen LogP contribution < -0.4 is 5.73 Å². The highest BCUT2D eigenvalue weighted by Gasteiger charge is 2.00. The van der Waals surface area contributed by atoms with Crippen LogP contribution in [0.2, 0.25) is 0 Å². The molecule has 0 radical (unpaired) electrons. The van der Waals surface area contributed by atoms with E-state index >= 15 is 0 Å². The highest BCUT2D eigenvalue weighted by molar-refractivity contribution is 5.86. The molecule has 0 saturated heterocycles. The minimum absolute atomic E-state index is 0.619. The van der Waals surface area contributed by atoms with Crippen LogP contribution >= 0.6 is 0 Å². The number of nitrogens with two attached hydrogens (primary N) is 1. The van der Waals surface area contributed by atoms with E-state index in [-0.39, 0.29) is 0 Å². The Kier molecular flexibility index (Phi) is 2.51. The Morgan fingerprint density at radius 1 is 1.14 bits per heavy atom. The van der Waals surface area contributed by atoms with Gasteiger partial charge in [0.05, 0.1) is 0 Å². The summed E-state index contributed by atoms with van der Waals surface area (Å²) in [5.41, 5.74) is 8.35. The third-order valence-electron chi connectivity index (χ3n) is 2.64. The number of hydrogen-bond donors (Lipinski definition) is 1. The highest BCUT2D eigenvalue weighted by Crippen LogP contribution is 2.21. The van der Waals surface area contributed by atoms with Gasteiger partial charge in [-0.15, -0.1) is 0 Å². The average molecular weight is 185 g/mol. The van der Waals surface area contributed by atoms with Gasteiger partial charge >= 0.3 is 0 Å². The van der Waals surface area contributed by atoms with Gasteiger partial charge in [0.25, 0.3) is 0 Å². The van der Waals surface area contributed by atoms with Crippen LogP contribution in [0.25, 0.3) is 10.8 Å². The molecule has 0 aliphatic rings. The van der Waals surface area contributed by atoms with Gasteiger partial charge in [0.1, 0.15) is 0 Å². The molecule has 0 spiro atoms. The summed E-state index contributed by atoms with van der Waals surface area (Å²) < 4.78 is 0. The Morgan fingerprint density at radius 3 is 2.64 bits per heavy atom. The Bertz CT molecular complexity index is 446. The Hall–Kier alpha value is -1.34. The summed E-state index contributed by atoms with van der Waals surface area (Å²) >= 11 is 0. The first-order valence-corrected chi connectivity index (χ1v) is 5.05. The first kappa shape index (κ1) is 9.22. The SMILES string of the molecule is CCc1cc(CN)c2ccccc2c1. The van der Waals surface area contributed by atoms with Crippen LogP contribution in [0.15, 0.2) is 36.4 Å². The molecule has 0 atom stereocenters. The van der Waals surface area contributed by atoms with Crippen molar-refractivity contribution >= 4 is 10.8 Å². The lowest BCUT2D eigenvalue weighted by atomic mass is 10.00. The maximum absolute atomic E-state index is 5.74. The fourth-order valence-corrected chi connectivity index (χ4v) is 1.83. The Labute approximate surface area is 84.5 Å². The zero-order valence-corrected chi connectivity index (χ0v) is 8.46. The lowest BCUT2D eigenvalue weighted by molar-refractivity contribution is 1.06. The minimum atomic E-state index is 0.619. The largest absolute Gasteiger partial charge is 0.326 e. The summed E-state index contributed by atoms with van der Waals surface area (Å²) in [6, 6.07) is 12.9. The van der Waals surface area contributed by atoms with Crippen molar-refractivity contribution in [3.63, 3.8) is 0 Å².